The smallest absolute Gasteiger partial charge is 0.265 e. The summed E-state index contributed by atoms with van der Waals surface area (Å²) in [5.74, 6) is 0.153. The van der Waals surface area contributed by atoms with Gasteiger partial charge >= 0.3 is 0 Å². The number of aromatic nitrogens is 1. The van der Waals surface area contributed by atoms with Crippen LogP contribution in [0.5, 0.6) is 5.75 Å². The van der Waals surface area contributed by atoms with Gasteiger partial charge in [0.1, 0.15) is 10.6 Å². The van der Waals surface area contributed by atoms with Gasteiger partial charge in [0.05, 0.1) is 23.9 Å². The zero-order valence-electron chi connectivity index (χ0n) is 11.8. The lowest BCUT2D eigenvalue weighted by Crippen LogP contribution is -2.16. The molecule has 9 heteroatoms. The third-order valence-corrected chi connectivity index (χ3v) is 5.34. The van der Waals surface area contributed by atoms with Crippen molar-refractivity contribution in [2.24, 2.45) is 0 Å². The van der Waals surface area contributed by atoms with Gasteiger partial charge in [-0.3, -0.25) is 9.71 Å². The van der Waals surface area contributed by atoms with Crippen LogP contribution in [0.25, 0.3) is 0 Å². The Bertz CT molecular complexity index is 892. The number of sulfone groups is 1. The highest BCUT2D eigenvalue weighted by Crippen LogP contribution is 2.27. The monoisotopic (exact) mass is 342 g/mol. The summed E-state index contributed by atoms with van der Waals surface area (Å²) < 4.78 is 55.6. The maximum atomic E-state index is 12.4. The number of hydrogen-bond acceptors (Lipinski definition) is 6. The number of benzene rings is 1. The predicted molar refractivity (Wildman–Crippen MR) is 81.1 cm³/mol. The molecule has 0 aliphatic rings. The van der Waals surface area contributed by atoms with E-state index in [1.54, 1.807) is 6.07 Å². The minimum atomic E-state index is -4.02. The van der Waals surface area contributed by atoms with Crippen LogP contribution in [-0.4, -0.2) is 35.2 Å². The Kier molecular flexibility index (Phi) is 4.38. The Labute approximate surface area is 128 Å². The lowest BCUT2D eigenvalue weighted by molar-refractivity contribution is 0.403. The van der Waals surface area contributed by atoms with E-state index >= 15 is 0 Å². The van der Waals surface area contributed by atoms with Crippen LogP contribution < -0.4 is 9.46 Å². The van der Waals surface area contributed by atoms with Gasteiger partial charge in [-0.05, 0) is 18.2 Å². The van der Waals surface area contributed by atoms with Crippen molar-refractivity contribution >= 4 is 25.5 Å². The number of hydrogen-bond donors (Lipinski definition) is 1. The van der Waals surface area contributed by atoms with Gasteiger partial charge in [0, 0.05) is 12.5 Å². The number of methoxy groups -OCH3 is 1. The first kappa shape index (κ1) is 16.2. The van der Waals surface area contributed by atoms with Crippen molar-refractivity contribution in [3.63, 3.8) is 0 Å². The van der Waals surface area contributed by atoms with Crippen LogP contribution in [0, 0.1) is 0 Å². The molecular formula is C13H14N2O5S2. The first-order valence-corrected chi connectivity index (χ1v) is 9.43. The molecule has 0 spiro atoms. The average molecular weight is 342 g/mol. The number of nitrogens with zero attached hydrogens (tertiary/aromatic N) is 1. The van der Waals surface area contributed by atoms with Gasteiger partial charge in [-0.2, -0.15) is 0 Å². The number of ether oxygens (including phenoxy) is 1. The number of pyridine rings is 1. The fourth-order valence-electron chi connectivity index (χ4n) is 1.82. The van der Waals surface area contributed by atoms with Crippen LogP contribution in [0.1, 0.15) is 0 Å². The molecule has 2 rings (SSSR count). The molecule has 22 heavy (non-hydrogen) atoms. The fourth-order valence-corrected chi connectivity index (χ4v) is 3.93. The second-order valence-corrected chi connectivity index (χ2v) is 8.04. The van der Waals surface area contributed by atoms with E-state index in [2.05, 4.69) is 9.71 Å². The molecule has 0 saturated heterocycles. The summed E-state index contributed by atoms with van der Waals surface area (Å²) >= 11 is 0. The number of nitrogens with one attached hydrogen (secondary N) is 1. The van der Waals surface area contributed by atoms with Crippen LogP contribution in [0.3, 0.4) is 0 Å². The van der Waals surface area contributed by atoms with Crippen molar-refractivity contribution < 1.29 is 21.6 Å². The van der Waals surface area contributed by atoms with Crippen molar-refractivity contribution in [2.45, 2.75) is 9.79 Å². The Morgan fingerprint density at radius 1 is 1.05 bits per heavy atom. The number of para-hydroxylation sites is 1. The van der Waals surface area contributed by atoms with Crippen LogP contribution in [0.4, 0.5) is 5.69 Å². The number of rotatable bonds is 5. The topological polar surface area (TPSA) is 102 Å². The Morgan fingerprint density at radius 3 is 2.36 bits per heavy atom. The predicted octanol–water partition coefficient (Wildman–Crippen LogP) is 1.29. The van der Waals surface area contributed by atoms with Gasteiger partial charge in [-0.1, -0.05) is 12.1 Å². The molecule has 1 N–H and O–H groups in total. The number of anilines is 1. The Morgan fingerprint density at radius 2 is 1.73 bits per heavy atom. The van der Waals surface area contributed by atoms with Gasteiger partial charge in [-0.25, -0.2) is 16.8 Å². The Balaban J connectivity index is 2.51. The Hall–Kier alpha value is -2.13. The minimum Gasteiger partial charge on any atom is -0.495 e. The molecule has 2 aromatic rings. The quantitative estimate of drug-likeness (QED) is 0.878. The summed E-state index contributed by atoms with van der Waals surface area (Å²) in [6.07, 6.45) is 3.41. The van der Waals surface area contributed by atoms with Gasteiger partial charge in [-0.15, -0.1) is 0 Å². The molecule has 1 aromatic heterocycles. The first-order chi connectivity index (χ1) is 10.3. The molecule has 7 nitrogen and oxygen atoms in total. The molecule has 0 saturated carbocycles. The zero-order valence-corrected chi connectivity index (χ0v) is 13.5. The van der Waals surface area contributed by atoms with E-state index in [1.807, 2.05) is 0 Å². The normalized spacial score (nSPS) is 11.9. The van der Waals surface area contributed by atoms with E-state index in [0.29, 0.717) is 0 Å². The van der Waals surface area contributed by atoms with Crippen molar-refractivity contribution in [2.75, 3.05) is 18.1 Å². The fraction of sp³-hybridized carbons (Fsp3) is 0.154. The summed E-state index contributed by atoms with van der Waals surface area (Å²) in [5.41, 5.74) is -0.115. The minimum absolute atomic E-state index is 0.0965. The molecule has 0 atom stereocenters. The zero-order chi connectivity index (χ0) is 16.4. The molecule has 0 amide bonds. The summed E-state index contributed by atoms with van der Waals surface area (Å²) in [4.78, 5) is 3.51. The molecule has 0 aliphatic heterocycles. The van der Waals surface area contributed by atoms with Crippen molar-refractivity contribution in [3.05, 3.63) is 42.7 Å². The van der Waals surface area contributed by atoms with E-state index in [9.17, 15) is 16.8 Å². The second kappa shape index (κ2) is 5.93. The summed E-state index contributed by atoms with van der Waals surface area (Å²) in [6, 6.07) is 7.25. The molecule has 0 radical (unpaired) electrons. The standard InChI is InChI=1S/C13H14N2O5S2/c1-20-11-5-3-4-6-13(11)22(18,19)15-10-9-14-8-7-12(10)21(2,16)17/h3-9,15H,1-2H3. The lowest BCUT2D eigenvalue weighted by atomic mass is 10.3. The molecule has 0 bridgehead atoms. The maximum absolute atomic E-state index is 12.4. The van der Waals surface area contributed by atoms with Gasteiger partial charge in [0.25, 0.3) is 10.0 Å². The van der Waals surface area contributed by atoms with E-state index < -0.39 is 19.9 Å². The highest BCUT2D eigenvalue weighted by Gasteiger charge is 2.22. The third kappa shape index (κ3) is 3.37. The second-order valence-electron chi connectivity index (χ2n) is 4.40. The van der Waals surface area contributed by atoms with Crippen LogP contribution in [0.15, 0.2) is 52.5 Å². The van der Waals surface area contributed by atoms with E-state index in [4.69, 9.17) is 4.74 Å². The maximum Gasteiger partial charge on any atom is 0.265 e. The molecule has 118 valence electrons. The average Bonchev–Trinajstić information content (AvgIpc) is 2.46. The van der Waals surface area contributed by atoms with E-state index in [1.165, 1.54) is 37.6 Å². The third-order valence-electron chi connectivity index (χ3n) is 2.78. The summed E-state index contributed by atoms with van der Waals surface area (Å²) in [7, 11) is -6.27. The van der Waals surface area contributed by atoms with Crippen LogP contribution in [-0.2, 0) is 19.9 Å². The molecule has 0 unspecified atom stereocenters. The van der Waals surface area contributed by atoms with Gasteiger partial charge in [0.2, 0.25) is 0 Å². The van der Waals surface area contributed by atoms with Crippen LogP contribution >= 0.6 is 0 Å². The number of sulfonamides is 1. The molecular weight excluding hydrogens is 328 g/mol. The van der Waals surface area contributed by atoms with Gasteiger partial charge < -0.3 is 4.74 Å². The highest BCUT2D eigenvalue weighted by molar-refractivity contribution is 7.93. The molecule has 1 aromatic carbocycles. The highest BCUT2D eigenvalue weighted by atomic mass is 32.2. The molecule has 0 aliphatic carbocycles. The lowest BCUT2D eigenvalue weighted by Gasteiger charge is -2.13. The summed E-state index contributed by atoms with van der Waals surface area (Å²) in [5, 5.41) is 0. The van der Waals surface area contributed by atoms with Crippen molar-refractivity contribution in [1.29, 1.82) is 0 Å². The largest absolute Gasteiger partial charge is 0.495 e. The van der Waals surface area contributed by atoms with Crippen molar-refractivity contribution in [1.82, 2.24) is 4.98 Å². The molecule has 0 fully saturated rings. The summed E-state index contributed by atoms with van der Waals surface area (Å²) in [6.45, 7) is 0. The van der Waals surface area contributed by atoms with E-state index in [0.717, 1.165) is 12.5 Å². The van der Waals surface area contributed by atoms with E-state index in [-0.39, 0.29) is 21.2 Å². The van der Waals surface area contributed by atoms with Crippen molar-refractivity contribution in [3.8, 4) is 5.75 Å². The molecule has 1 heterocycles. The van der Waals surface area contributed by atoms with Crippen LogP contribution in [0.2, 0.25) is 0 Å². The first-order valence-electron chi connectivity index (χ1n) is 6.05. The van der Waals surface area contributed by atoms with Gasteiger partial charge in [0.15, 0.2) is 9.84 Å². The SMILES string of the molecule is COc1ccccc1S(=O)(=O)Nc1cnccc1S(C)(=O)=O.